The molecule has 7 heteroatoms. The van der Waals surface area contributed by atoms with E-state index in [2.05, 4.69) is 4.90 Å². The van der Waals surface area contributed by atoms with Crippen molar-refractivity contribution in [2.24, 2.45) is 0 Å². The number of allylic oxidation sites excluding steroid dienone is 2. The number of halogens is 3. The van der Waals surface area contributed by atoms with Crippen molar-refractivity contribution in [3.05, 3.63) is 70.3 Å². The van der Waals surface area contributed by atoms with Gasteiger partial charge in [-0.25, -0.2) is 0 Å². The first kappa shape index (κ1) is 20.8. The molecule has 2 saturated heterocycles. The van der Waals surface area contributed by atoms with Crippen LogP contribution < -0.4 is 4.90 Å². The number of phenols is 1. The van der Waals surface area contributed by atoms with E-state index in [1.807, 2.05) is 0 Å². The summed E-state index contributed by atoms with van der Waals surface area (Å²) in [7, 11) is 0. The van der Waals surface area contributed by atoms with Crippen molar-refractivity contribution in [1.82, 2.24) is 0 Å². The quantitative estimate of drug-likeness (QED) is 0.655. The van der Waals surface area contributed by atoms with E-state index in [-0.39, 0.29) is 42.4 Å². The molecule has 32 heavy (non-hydrogen) atoms. The third kappa shape index (κ3) is 3.40. The third-order valence-corrected chi connectivity index (χ3v) is 6.93. The highest BCUT2D eigenvalue weighted by Crippen LogP contribution is 2.43. The highest BCUT2D eigenvalue weighted by molar-refractivity contribution is 6.28. The molecule has 1 aliphatic carbocycles. The van der Waals surface area contributed by atoms with E-state index in [1.165, 1.54) is 18.2 Å². The molecule has 0 radical (unpaired) electrons. The molecular weight excluding hydrogens is 419 g/mol. The lowest BCUT2D eigenvalue weighted by Gasteiger charge is -2.26. The second kappa shape index (κ2) is 7.50. The molecule has 168 valence electrons. The van der Waals surface area contributed by atoms with Crippen LogP contribution in [0.15, 0.2) is 48.0 Å². The summed E-state index contributed by atoms with van der Waals surface area (Å²) < 4.78 is 41.7. The number of aromatic hydroxyl groups is 1. The lowest BCUT2D eigenvalue weighted by Crippen LogP contribution is -2.28. The van der Waals surface area contributed by atoms with Crippen molar-refractivity contribution >= 4 is 17.3 Å². The normalized spacial score (nSPS) is 22.2. The summed E-state index contributed by atoms with van der Waals surface area (Å²) in [5.41, 5.74) is 0.0387. The van der Waals surface area contributed by atoms with Gasteiger partial charge in [0, 0.05) is 25.6 Å². The summed E-state index contributed by atoms with van der Waals surface area (Å²) in [6.45, 7) is 0. The zero-order valence-corrected chi connectivity index (χ0v) is 17.3. The van der Waals surface area contributed by atoms with Crippen LogP contribution >= 0.6 is 0 Å². The molecule has 0 aromatic heterocycles. The largest absolute Gasteiger partial charge is 0.507 e. The first-order valence-corrected chi connectivity index (χ1v) is 10.8. The topological polar surface area (TPSA) is 57.6 Å². The number of carbonyl (C=O) groups excluding carboxylic acids is 2. The van der Waals surface area contributed by atoms with E-state index >= 15 is 0 Å². The number of Topliss-reactive ketones (excluding diaryl/α,β-unsaturated/α-hetero) is 2. The summed E-state index contributed by atoms with van der Waals surface area (Å²) in [6, 6.07) is 9.38. The minimum Gasteiger partial charge on any atom is -0.507 e. The van der Waals surface area contributed by atoms with Gasteiger partial charge >= 0.3 is 6.18 Å². The summed E-state index contributed by atoms with van der Waals surface area (Å²) in [5.74, 6) is -1.55. The summed E-state index contributed by atoms with van der Waals surface area (Å²) in [5, 5.41) is 10.0. The Morgan fingerprint density at radius 1 is 1.09 bits per heavy atom. The maximum atomic E-state index is 13.9. The molecule has 2 heterocycles. The molecular formula is C25H24F3NO3. The smallest absolute Gasteiger partial charge is 0.416 e. The van der Waals surface area contributed by atoms with Crippen molar-refractivity contribution in [2.75, 3.05) is 4.90 Å². The number of benzene rings is 2. The van der Waals surface area contributed by atoms with Crippen molar-refractivity contribution in [2.45, 2.75) is 56.8 Å². The van der Waals surface area contributed by atoms with Gasteiger partial charge in [0.2, 0.25) is 0 Å². The number of anilines is 1. The van der Waals surface area contributed by atoms with Gasteiger partial charge in [0.15, 0.2) is 11.6 Å². The number of ketones is 2. The molecule has 1 N–H and O–H groups in total. The summed E-state index contributed by atoms with van der Waals surface area (Å²) >= 11 is 0. The van der Waals surface area contributed by atoms with Gasteiger partial charge in [-0.3, -0.25) is 9.59 Å². The number of nitrogens with zero attached hydrogens (tertiary/aromatic N) is 1. The second-order valence-electron chi connectivity index (χ2n) is 8.77. The van der Waals surface area contributed by atoms with Crippen LogP contribution in [0.2, 0.25) is 0 Å². The van der Waals surface area contributed by atoms with Crippen molar-refractivity contribution in [1.29, 1.82) is 0 Å². The lowest BCUT2D eigenvalue weighted by atomic mass is 9.86. The molecule has 5 rings (SSSR count). The van der Waals surface area contributed by atoms with Crippen molar-refractivity contribution in [3.8, 4) is 5.75 Å². The van der Waals surface area contributed by atoms with Gasteiger partial charge in [-0.05, 0) is 61.4 Å². The standard InChI is InChI=1S/C25H22F3NO3.H2/c26-25(27,28)20-13-18(29-16-7-8-17(29)10-9-16)6-4-15(20)12-22(31)19-11-5-14-2-1-3-21(30)23(14)24(19)32;/h1-4,6,11,13,16-17,30H,5,7-10,12H2;1H. The average molecular weight is 443 g/mol. The molecule has 0 saturated carbocycles. The predicted octanol–water partition coefficient (Wildman–Crippen LogP) is 5.27. The van der Waals surface area contributed by atoms with Gasteiger partial charge in [0.1, 0.15) is 5.75 Å². The fourth-order valence-electron chi connectivity index (χ4n) is 5.44. The summed E-state index contributed by atoms with van der Waals surface area (Å²) in [4.78, 5) is 27.8. The Balaban J connectivity index is 0.00000259. The average Bonchev–Trinajstić information content (AvgIpc) is 3.34. The van der Waals surface area contributed by atoms with Crippen LogP contribution in [-0.4, -0.2) is 28.8 Å². The Morgan fingerprint density at radius 2 is 1.78 bits per heavy atom. The Hall–Kier alpha value is -3.09. The second-order valence-corrected chi connectivity index (χ2v) is 8.77. The van der Waals surface area contributed by atoms with Gasteiger partial charge in [-0.1, -0.05) is 24.3 Å². The van der Waals surface area contributed by atoms with Crippen molar-refractivity contribution in [3.63, 3.8) is 0 Å². The number of phenolic OH excluding ortho intramolecular Hbond substituents is 1. The van der Waals surface area contributed by atoms with E-state index in [4.69, 9.17) is 0 Å². The van der Waals surface area contributed by atoms with Gasteiger partial charge < -0.3 is 10.0 Å². The predicted molar refractivity (Wildman–Crippen MR) is 115 cm³/mol. The van der Waals surface area contributed by atoms with Crippen molar-refractivity contribution < 1.29 is 29.3 Å². The molecule has 4 nitrogen and oxygen atoms in total. The van der Waals surface area contributed by atoms with Crippen LogP contribution in [-0.2, 0) is 23.8 Å². The van der Waals surface area contributed by atoms with E-state index < -0.39 is 29.7 Å². The Kier molecular flexibility index (Phi) is 4.87. The highest BCUT2D eigenvalue weighted by atomic mass is 19.4. The zero-order valence-electron chi connectivity index (χ0n) is 17.3. The maximum absolute atomic E-state index is 13.9. The molecule has 3 aliphatic rings. The molecule has 2 aromatic rings. The molecule has 2 bridgehead atoms. The Bertz CT molecular complexity index is 1140. The minimum atomic E-state index is -4.61. The molecule has 0 atom stereocenters. The van der Waals surface area contributed by atoms with Gasteiger partial charge in [-0.15, -0.1) is 0 Å². The fraction of sp³-hybridized carbons (Fsp3) is 0.360. The number of fused-ring (bicyclic) bond motifs is 3. The Labute approximate surface area is 184 Å². The molecule has 0 unspecified atom stereocenters. The van der Waals surface area contributed by atoms with Crippen LogP contribution in [0, 0.1) is 0 Å². The van der Waals surface area contributed by atoms with Crippen LogP contribution in [0.1, 0.15) is 54.2 Å². The number of hydrogen-bond acceptors (Lipinski definition) is 4. The van der Waals surface area contributed by atoms with E-state index in [0.29, 0.717) is 11.3 Å². The molecule has 0 spiro atoms. The number of alkyl halides is 3. The van der Waals surface area contributed by atoms with Gasteiger partial charge in [0.05, 0.1) is 16.7 Å². The van der Waals surface area contributed by atoms with Crippen LogP contribution in [0.25, 0.3) is 0 Å². The van der Waals surface area contributed by atoms with E-state index in [0.717, 1.165) is 31.7 Å². The van der Waals surface area contributed by atoms with Crippen LogP contribution in [0.3, 0.4) is 0 Å². The number of carbonyl (C=O) groups is 2. The summed E-state index contributed by atoms with van der Waals surface area (Å²) in [6.07, 6.45) is 0.555. The highest BCUT2D eigenvalue weighted by Gasteiger charge is 2.41. The zero-order chi connectivity index (χ0) is 22.6. The third-order valence-electron chi connectivity index (χ3n) is 6.93. The Morgan fingerprint density at radius 3 is 2.44 bits per heavy atom. The van der Waals surface area contributed by atoms with Crippen LogP contribution in [0.5, 0.6) is 5.75 Å². The number of hydrogen-bond donors (Lipinski definition) is 1. The fourth-order valence-corrected chi connectivity index (χ4v) is 5.44. The minimum absolute atomic E-state index is 0. The first-order chi connectivity index (χ1) is 15.2. The monoisotopic (exact) mass is 443 g/mol. The van der Waals surface area contributed by atoms with E-state index in [9.17, 15) is 27.9 Å². The van der Waals surface area contributed by atoms with E-state index in [1.54, 1.807) is 18.2 Å². The SMILES string of the molecule is O=C(Cc1ccc(N2C3CCC2CC3)cc1C(F)(F)F)C1=CCc2cccc(O)c2C1=O.[HH]. The molecule has 2 aromatic carbocycles. The van der Waals surface area contributed by atoms with Crippen LogP contribution in [0.4, 0.5) is 18.9 Å². The van der Waals surface area contributed by atoms with Gasteiger partial charge in [0.25, 0.3) is 0 Å². The lowest BCUT2D eigenvalue weighted by molar-refractivity contribution is -0.138. The number of rotatable bonds is 4. The molecule has 0 amide bonds. The molecule has 2 fully saturated rings. The van der Waals surface area contributed by atoms with Gasteiger partial charge in [-0.2, -0.15) is 13.2 Å². The first-order valence-electron chi connectivity index (χ1n) is 10.8. The maximum Gasteiger partial charge on any atom is 0.416 e. The molecule has 2 aliphatic heterocycles.